The van der Waals surface area contributed by atoms with Gasteiger partial charge in [0.1, 0.15) is 18.1 Å². The van der Waals surface area contributed by atoms with Crippen molar-refractivity contribution in [2.24, 2.45) is 5.73 Å². The third-order valence-corrected chi connectivity index (χ3v) is 3.73. The smallest absolute Gasteiger partial charge is 0.177 e. The van der Waals surface area contributed by atoms with Gasteiger partial charge >= 0.3 is 0 Å². The molecule has 5 heteroatoms. The van der Waals surface area contributed by atoms with Gasteiger partial charge in [0.05, 0.1) is 4.88 Å². The number of aromatic nitrogens is 1. The Kier molecular flexibility index (Phi) is 3.80. The summed E-state index contributed by atoms with van der Waals surface area (Å²) in [7, 11) is 0. The molecule has 2 aromatic heterocycles. The van der Waals surface area contributed by atoms with Crippen LogP contribution < -0.4 is 10.5 Å². The highest BCUT2D eigenvalue weighted by Gasteiger charge is 2.08. The van der Waals surface area contributed by atoms with Crippen molar-refractivity contribution in [2.75, 3.05) is 0 Å². The van der Waals surface area contributed by atoms with E-state index in [0.29, 0.717) is 13.2 Å². The van der Waals surface area contributed by atoms with Gasteiger partial charge in [0.25, 0.3) is 0 Å². The van der Waals surface area contributed by atoms with Gasteiger partial charge in [-0.15, -0.1) is 11.3 Å². The molecule has 4 nitrogen and oxygen atoms in total. The molecule has 20 heavy (non-hydrogen) atoms. The average Bonchev–Trinajstić information content (AvgIpc) is 3.16. The number of hydrogen-bond donors (Lipinski definition) is 1. The first-order valence-electron chi connectivity index (χ1n) is 6.26. The van der Waals surface area contributed by atoms with Gasteiger partial charge in [0.15, 0.2) is 5.76 Å². The highest BCUT2D eigenvalue weighted by molar-refractivity contribution is 7.13. The largest absolute Gasteiger partial charge is 0.487 e. The zero-order valence-electron chi connectivity index (χ0n) is 10.8. The van der Waals surface area contributed by atoms with Gasteiger partial charge in [-0.05, 0) is 29.1 Å². The first kappa shape index (κ1) is 12.9. The molecule has 0 spiro atoms. The van der Waals surface area contributed by atoms with Crippen LogP contribution in [-0.4, -0.2) is 5.16 Å². The molecule has 0 bridgehead atoms. The van der Waals surface area contributed by atoms with Crippen LogP contribution in [0.15, 0.2) is 52.4 Å². The fourth-order valence-corrected chi connectivity index (χ4v) is 2.51. The van der Waals surface area contributed by atoms with Crippen LogP contribution in [0, 0.1) is 0 Å². The number of rotatable bonds is 5. The summed E-state index contributed by atoms with van der Waals surface area (Å²) in [6, 6.07) is 13.6. The average molecular weight is 286 g/mol. The molecule has 0 aliphatic heterocycles. The van der Waals surface area contributed by atoms with E-state index in [1.165, 1.54) is 0 Å². The van der Waals surface area contributed by atoms with Crippen molar-refractivity contribution in [1.29, 1.82) is 0 Å². The van der Waals surface area contributed by atoms with Gasteiger partial charge < -0.3 is 15.0 Å². The van der Waals surface area contributed by atoms with Crippen LogP contribution in [0.2, 0.25) is 0 Å². The Morgan fingerprint density at radius 1 is 1.20 bits per heavy atom. The number of hydrogen-bond acceptors (Lipinski definition) is 5. The summed E-state index contributed by atoms with van der Waals surface area (Å²) in [6.07, 6.45) is 0. The van der Waals surface area contributed by atoms with E-state index in [4.69, 9.17) is 15.0 Å². The van der Waals surface area contributed by atoms with Gasteiger partial charge in [-0.2, -0.15) is 0 Å². The Morgan fingerprint density at radius 2 is 2.15 bits per heavy atom. The van der Waals surface area contributed by atoms with Crippen LogP contribution in [0.4, 0.5) is 0 Å². The van der Waals surface area contributed by atoms with Crippen molar-refractivity contribution < 1.29 is 9.26 Å². The first-order chi connectivity index (χ1) is 9.85. The monoisotopic (exact) mass is 286 g/mol. The number of thiophene rings is 1. The predicted octanol–water partition coefficient (Wildman–Crippen LogP) is 3.44. The van der Waals surface area contributed by atoms with Crippen molar-refractivity contribution in [3.05, 3.63) is 59.1 Å². The molecule has 0 radical (unpaired) electrons. The van der Waals surface area contributed by atoms with Crippen molar-refractivity contribution in [3.8, 4) is 16.4 Å². The maximum Gasteiger partial charge on any atom is 0.177 e. The minimum absolute atomic E-state index is 0.378. The van der Waals surface area contributed by atoms with E-state index in [1.807, 2.05) is 47.8 Å². The SMILES string of the molecule is NCc1cccc(OCc2cc(-c3cccs3)on2)c1. The van der Waals surface area contributed by atoms with Crippen LogP contribution in [0.25, 0.3) is 10.6 Å². The van der Waals surface area contributed by atoms with Gasteiger partial charge in [-0.25, -0.2) is 0 Å². The maximum absolute atomic E-state index is 5.69. The summed E-state index contributed by atoms with van der Waals surface area (Å²) in [6.45, 7) is 0.882. The summed E-state index contributed by atoms with van der Waals surface area (Å²) in [4.78, 5) is 1.06. The third kappa shape index (κ3) is 2.89. The molecule has 0 atom stereocenters. The normalized spacial score (nSPS) is 10.7. The van der Waals surface area contributed by atoms with E-state index in [9.17, 15) is 0 Å². The lowest BCUT2D eigenvalue weighted by Crippen LogP contribution is -1.98. The molecule has 0 fully saturated rings. The predicted molar refractivity (Wildman–Crippen MR) is 78.5 cm³/mol. The quantitative estimate of drug-likeness (QED) is 0.780. The highest BCUT2D eigenvalue weighted by atomic mass is 32.1. The molecule has 0 aliphatic carbocycles. The molecule has 0 aliphatic rings. The lowest BCUT2D eigenvalue weighted by Gasteiger charge is -2.05. The summed E-state index contributed by atoms with van der Waals surface area (Å²) in [5, 5.41) is 6.02. The third-order valence-electron chi connectivity index (χ3n) is 2.84. The molecule has 3 rings (SSSR count). The van der Waals surface area contributed by atoms with E-state index in [1.54, 1.807) is 11.3 Å². The summed E-state index contributed by atoms with van der Waals surface area (Å²) >= 11 is 1.62. The van der Waals surface area contributed by atoms with E-state index in [0.717, 1.165) is 27.6 Å². The van der Waals surface area contributed by atoms with Gasteiger partial charge in [0.2, 0.25) is 0 Å². The van der Waals surface area contributed by atoms with Crippen LogP contribution in [0.1, 0.15) is 11.3 Å². The second-order valence-corrected chi connectivity index (χ2v) is 5.25. The Balaban J connectivity index is 1.66. The van der Waals surface area contributed by atoms with Gasteiger partial charge in [0, 0.05) is 12.6 Å². The highest BCUT2D eigenvalue weighted by Crippen LogP contribution is 2.25. The number of nitrogens with zero attached hydrogens (tertiary/aromatic N) is 1. The fourth-order valence-electron chi connectivity index (χ4n) is 1.83. The van der Waals surface area contributed by atoms with Crippen molar-refractivity contribution in [1.82, 2.24) is 5.16 Å². The molecule has 0 amide bonds. The second kappa shape index (κ2) is 5.90. The van der Waals surface area contributed by atoms with E-state index in [2.05, 4.69) is 5.16 Å². The lowest BCUT2D eigenvalue weighted by molar-refractivity contribution is 0.290. The number of benzene rings is 1. The standard InChI is InChI=1S/C15H14N2O2S/c16-9-11-3-1-4-13(7-11)18-10-12-8-14(19-17-12)15-5-2-6-20-15/h1-8H,9-10,16H2. The topological polar surface area (TPSA) is 61.3 Å². The molecule has 0 saturated carbocycles. The summed E-state index contributed by atoms with van der Waals surface area (Å²) in [5.41, 5.74) is 7.42. The molecule has 3 aromatic rings. The Hall–Kier alpha value is -2.11. The maximum atomic E-state index is 5.69. The van der Waals surface area contributed by atoms with Crippen LogP contribution >= 0.6 is 11.3 Å². The molecule has 2 heterocycles. The fraction of sp³-hybridized carbons (Fsp3) is 0.133. The number of ether oxygens (including phenoxy) is 1. The zero-order chi connectivity index (χ0) is 13.8. The lowest BCUT2D eigenvalue weighted by atomic mass is 10.2. The van der Waals surface area contributed by atoms with Crippen LogP contribution in [-0.2, 0) is 13.2 Å². The van der Waals surface area contributed by atoms with E-state index in [-0.39, 0.29) is 0 Å². The van der Waals surface area contributed by atoms with Crippen LogP contribution in [0.5, 0.6) is 5.75 Å². The molecule has 102 valence electrons. The minimum atomic E-state index is 0.378. The zero-order valence-corrected chi connectivity index (χ0v) is 11.6. The Labute approximate surface area is 120 Å². The van der Waals surface area contributed by atoms with E-state index < -0.39 is 0 Å². The second-order valence-electron chi connectivity index (χ2n) is 4.30. The molecule has 2 N–H and O–H groups in total. The van der Waals surface area contributed by atoms with Crippen LogP contribution in [0.3, 0.4) is 0 Å². The Morgan fingerprint density at radius 3 is 2.95 bits per heavy atom. The minimum Gasteiger partial charge on any atom is -0.487 e. The van der Waals surface area contributed by atoms with Gasteiger partial charge in [-0.1, -0.05) is 23.4 Å². The van der Waals surface area contributed by atoms with Crippen molar-refractivity contribution in [2.45, 2.75) is 13.2 Å². The van der Waals surface area contributed by atoms with Gasteiger partial charge in [-0.3, -0.25) is 0 Å². The molecular formula is C15H14N2O2S. The molecule has 1 aromatic carbocycles. The molecule has 0 saturated heterocycles. The Bertz CT molecular complexity index is 677. The molecular weight excluding hydrogens is 272 g/mol. The molecule has 0 unspecified atom stereocenters. The summed E-state index contributed by atoms with van der Waals surface area (Å²) < 4.78 is 11.0. The van der Waals surface area contributed by atoms with Crippen molar-refractivity contribution >= 4 is 11.3 Å². The van der Waals surface area contributed by atoms with Crippen molar-refractivity contribution in [3.63, 3.8) is 0 Å². The van der Waals surface area contributed by atoms with E-state index >= 15 is 0 Å². The number of nitrogens with two attached hydrogens (primary N) is 1. The summed E-state index contributed by atoms with van der Waals surface area (Å²) in [5.74, 6) is 1.56. The first-order valence-corrected chi connectivity index (χ1v) is 7.14.